The van der Waals surface area contributed by atoms with E-state index in [2.05, 4.69) is 0 Å². The second kappa shape index (κ2) is 5.00. The van der Waals surface area contributed by atoms with Crippen molar-refractivity contribution in [2.24, 2.45) is 0 Å². The summed E-state index contributed by atoms with van der Waals surface area (Å²) in [6.45, 7) is 0. The molecule has 0 bridgehead atoms. The van der Waals surface area contributed by atoms with Crippen molar-refractivity contribution < 1.29 is 14.3 Å². The van der Waals surface area contributed by atoms with Gasteiger partial charge < -0.3 is 5.11 Å². The van der Waals surface area contributed by atoms with Gasteiger partial charge in [0, 0.05) is 12.0 Å². The van der Waals surface area contributed by atoms with Gasteiger partial charge in [0.15, 0.2) is 5.67 Å². The number of carbonyl (C=O) groups is 1. The van der Waals surface area contributed by atoms with E-state index in [1.807, 2.05) is 0 Å². The molecule has 0 aromatic heterocycles. The Bertz CT molecular complexity index is 543. The number of carbonyl (C=O) groups excluding carboxylic acids is 1. The lowest BCUT2D eigenvalue weighted by atomic mass is 9.86. The van der Waals surface area contributed by atoms with E-state index >= 15 is 0 Å². The molecular formula is C15H13FO2. The summed E-state index contributed by atoms with van der Waals surface area (Å²) in [5.41, 5.74) is -0.647. The van der Waals surface area contributed by atoms with Crippen LogP contribution in [0.25, 0.3) is 0 Å². The van der Waals surface area contributed by atoms with E-state index in [4.69, 9.17) is 0 Å². The van der Waals surface area contributed by atoms with Gasteiger partial charge in [0.1, 0.15) is 12.0 Å². The molecule has 1 unspecified atom stereocenters. The Hall–Kier alpha value is -2.16. The Kier molecular flexibility index (Phi) is 3.42. The van der Waals surface area contributed by atoms with Gasteiger partial charge in [-0.1, -0.05) is 36.4 Å². The number of alkyl halides is 1. The van der Waals surface area contributed by atoms with Crippen LogP contribution in [-0.2, 0) is 10.5 Å². The van der Waals surface area contributed by atoms with Gasteiger partial charge in [-0.3, -0.25) is 4.79 Å². The van der Waals surface area contributed by atoms with Crippen molar-refractivity contribution in [1.29, 1.82) is 0 Å². The number of phenols is 1. The average molecular weight is 244 g/mol. The highest BCUT2D eigenvalue weighted by molar-refractivity contribution is 5.66. The number of phenolic OH excluding ortho intramolecular Hbond substituents is 1. The van der Waals surface area contributed by atoms with Crippen LogP contribution < -0.4 is 0 Å². The Morgan fingerprint density at radius 1 is 1.33 bits per heavy atom. The van der Waals surface area contributed by atoms with Crippen molar-refractivity contribution in [2.75, 3.05) is 0 Å². The van der Waals surface area contributed by atoms with Crippen LogP contribution in [0.3, 0.4) is 0 Å². The Morgan fingerprint density at radius 3 is 2.72 bits per heavy atom. The second-order valence-corrected chi connectivity index (χ2v) is 4.12. The minimum absolute atomic E-state index is 0.0510. The average Bonchev–Trinajstić information content (AvgIpc) is 2.39. The fraction of sp³-hybridized carbons (Fsp3) is 0.133. The van der Waals surface area contributed by atoms with Gasteiger partial charge in [0.2, 0.25) is 0 Å². The summed E-state index contributed by atoms with van der Waals surface area (Å²) < 4.78 is 14.7. The topological polar surface area (TPSA) is 37.3 Å². The highest BCUT2D eigenvalue weighted by Crippen LogP contribution is 2.39. The van der Waals surface area contributed by atoms with Crippen molar-refractivity contribution in [3.05, 3.63) is 65.8 Å². The molecule has 0 aliphatic heterocycles. The SMILES string of the molecule is O=CC=CC1=CCC(F)(c2ccccc2O)C=C1. The molecule has 2 rings (SSSR count). The van der Waals surface area contributed by atoms with E-state index in [9.17, 15) is 14.3 Å². The van der Waals surface area contributed by atoms with Crippen molar-refractivity contribution in [2.45, 2.75) is 12.1 Å². The molecule has 92 valence electrons. The first kappa shape index (κ1) is 12.3. The lowest BCUT2D eigenvalue weighted by Gasteiger charge is -2.24. The second-order valence-electron chi connectivity index (χ2n) is 4.12. The molecule has 1 N–H and O–H groups in total. The highest BCUT2D eigenvalue weighted by Gasteiger charge is 2.32. The van der Waals surface area contributed by atoms with Gasteiger partial charge in [-0.15, -0.1) is 0 Å². The molecule has 0 amide bonds. The zero-order chi connectivity index (χ0) is 13.0. The fourth-order valence-electron chi connectivity index (χ4n) is 1.93. The molecule has 1 aromatic carbocycles. The Balaban J connectivity index is 2.25. The summed E-state index contributed by atoms with van der Waals surface area (Å²) in [5, 5.41) is 9.68. The molecule has 1 aromatic rings. The first-order chi connectivity index (χ1) is 8.65. The summed E-state index contributed by atoms with van der Waals surface area (Å²) in [6.07, 6.45) is 8.51. The largest absolute Gasteiger partial charge is 0.508 e. The van der Waals surface area contributed by atoms with Crippen molar-refractivity contribution in [3.63, 3.8) is 0 Å². The molecule has 1 aliphatic carbocycles. The molecule has 2 nitrogen and oxygen atoms in total. The third kappa shape index (κ3) is 2.40. The minimum atomic E-state index is -1.69. The Labute approximate surface area is 105 Å². The van der Waals surface area contributed by atoms with Crippen molar-refractivity contribution in [1.82, 2.24) is 0 Å². The van der Waals surface area contributed by atoms with Gasteiger partial charge in [0.05, 0.1) is 0 Å². The quantitative estimate of drug-likeness (QED) is 0.655. The Morgan fingerprint density at radius 2 is 2.11 bits per heavy atom. The predicted octanol–water partition coefficient (Wildman–Crippen LogP) is 3.20. The third-order valence-electron chi connectivity index (χ3n) is 2.89. The minimum Gasteiger partial charge on any atom is -0.508 e. The fourth-order valence-corrected chi connectivity index (χ4v) is 1.93. The van der Waals surface area contributed by atoms with Crippen molar-refractivity contribution in [3.8, 4) is 5.75 Å². The van der Waals surface area contributed by atoms with Gasteiger partial charge in [-0.05, 0) is 23.8 Å². The van der Waals surface area contributed by atoms with E-state index in [0.29, 0.717) is 6.29 Å². The lowest BCUT2D eigenvalue weighted by Crippen LogP contribution is -2.18. The van der Waals surface area contributed by atoms with Gasteiger partial charge in [-0.25, -0.2) is 4.39 Å². The number of halogens is 1. The first-order valence-electron chi connectivity index (χ1n) is 5.64. The summed E-state index contributed by atoms with van der Waals surface area (Å²) in [6, 6.07) is 6.38. The van der Waals surface area contributed by atoms with Crippen LogP contribution in [0.2, 0.25) is 0 Å². The molecular weight excluding hydrogens is 231 g/mol. The molecule has 3 heteroatoms. The summed E-state index contributed by atoms with van der Waals surface area (Å²) >= 11 is 0. The van der Waals surface area contributed by atoms with Crippen molar-refractivity contribution >= 4 is 6.29 Å². The molecule has 18 heavy (non-hydrogen) atoms. The van der Waals surface area contributed by atoms with E-state index in [0.717, 1.165) is 5.57 Å². The molecule has 1 atom stereocenters. The molecule has 0 heterocycles. The summed E-state index contributed by atoms with van der Waals surface area (Å²) in [7, 11) is 0. The highest BCUT2D eigenvalue weighted by atomic mass is 19.1. The zero-order valence-corrected chi connectivity index (χ0v) is 9.71. The number of allylic oxidation sites excluding steroid dienone is 6. The molecule has 0 fully saturated rings. The van der Waals surface area contributed by atoms with E-state index in [1.165, 1.54) is 18.2 Å². The molecule has 0 saturated heterocycles. The van der Waals surface area contributed by atoms with Crippen LogP contribution in [0, 0.1) is 0 Å². The normalized spacial score (nSPS) is 23.1. The van der Waals surface area contributed by atoms with Gasteiger partial charge in [0.25, 0.3) is 0 Å². The van der Waals surface area contributed by atoms with Crippen LogP contribution in [0.1, 0.15) is 12.0 Å². The summed E-state index contributed by atoms with van der Waals surface area (Å²) in [4.78, 5) is 10.2. The maximum atomic E-state index is 14.7. The number of benzene rings is 1. The monoisotopic (exact) mass is 244 g/mol. The van der Waals surface area contributed by atoms with Crippen LogP contribution >= 0.6 is 0 Å². The first-order valence-corrected chi connectivity index (χ1v) is 5.64. The molecule has 0 saturated carbocycles. The smallest absolute Gasteiger partial charge is 0.161 e. The standard InChI is InChI=1S/C15H13FO2/c16-15(13-5-1-2-6-14(13)18)9-7-12(8-10-15)4-3-11-17/h1-9,11,18H,10H2. The maximum absolute atomic E-state index is 14.7. The van der Waals surface area contributed by atoms with E-state index in [1.54, 1.807) is 36.4 Å². The van der Waals surface area contributed by atoms with Crippen LogP contribution in [0.4, 0.5) is 4.39 Å². The third-order valence-corrected chi connectivity index (χ3v) is 2.89. The molecule has 0 radical (unpaired) electrons. The van der Waals surface area contributed by atoms with Gasteiger partial charge >= 0.3 is 0 Å². The van der Waals surface area contributed by atoms with Crippen LogP contribution in [0.5, 0.6) is 5.75 Å². The van der Waals surface area contributed by atoms with Gasteiger partial charge in [-0.2, -0.15) is 0 Å². The lowest BCUT2D eigenvalue weighted by molar-refractivity contribution is -0.104. The van der Waals surface area contributed by atoms with Crippen LogP contribution in [0.15, 0.2) is 60.2 Å². The number of hydrogen-bond donors (Lipinski definition) is 1. The number of hydrogen-bond acceptors (Lipinski definition) is 2. The molecule has 0 spiro atoms. The number of aromatic hydroxyl groups is 1. The maximum Gasteiger partial charge on any atom is 0.161 e. The summed E-state index contributed by atoms with van der Waals surface area (Å²) in [5.74, 6) is -0.0510. The number of rotatable bonds is 3. The predicted molar refractivity (Wildman–Crippen MR) is 67.9 cm³/mol. The van der Waals surface area contributed by atoms with E-state index in [-0.39, 0.29) is 17.7 Å². The molecule has 1 aliphatic rings. The number of para-hydroxylation sites is 1. The zero-order valence-electron chi connectivity index (χ0n) is 9.71. The van der Waals surface area contributed by atoms with Crippen LogP contribution in [-0.4, -0.2) is 11.4 Å². The number of aldehydes is 1. The van der Waals surface area contributed by atoms with E-state index < -0.39 is 5.67 Å².